The van der Waals surface area contributed by atoms with Gasteiger partial charge in [-0.15, -0.1) is 0 Å². The van der Waals surface area contributed by atoms with Crippen molar-refractivity contribution in [3.63, 3.8) is 0 Å². The summed E-state index contributed by atoms with van der Waals surface area (Å²) in [4.78, 5) is 44.9. The van der Waals surface area contributed by atoms with Crippen molar-refractivity contribution in [3.05, 3.63) is 48.7 Å². The van der Waals surface area contributed by atoms with Crippen molar-refractivity contribution in [2.24, 2.45) is 5.92 Å². The van der Waals surface area contributed by atoms with Gasteiger partial charge in [-0.1, -0.05) is 44.2 Å². The molecule has 0 saturated carbocycles. The quantitative estimate of drug-likeness (QED) is 0.851. The van der Waals surface area contributed by atoms with Gasteiger partial charge >= 0.3 is 12.3 Å². The van der Waals surface area contributed by atoms with Crippen molar-refractivity contribution in [2.45, 2.75) is 33.2 Å². The molecule has 0 amide bonds. The molecule has 2 aromatic rings. The number of hydrogen-bond acceptors (Lipinski definition) is 5. The third kappa shape index (κ3) is 6.15. The molecule has 1 aromatic heterocycles. The van der Waals surface area contributed by atoms with Crippen molar-refractivity contribution in [2.75, 3.05) is 0 Å². The number of benzene rings is 1. The molecule has 0 fully saturated rings. The van der Waals surface area contributed by atoms with Gasteiger partial charge in [0.25, 0.3) is 0 Å². The molecule has 0 atom stereocenters. The highest BCUT2D eigenvalue weighted by Crippen LogP contribution is 2.29. The van der Waals surface area contributed by atoms with Crippen molar-refractivity contribution in [3.8, 4) is 11.3 Å². The van der Waals surface area contributed by atoms with Crippen LogP contribution < -0.4 is 0 Å². The normalized spacial score (nSPS) is 9.64. The average Bonchev–Trinajstić information content (AvgIpc) is 3.07. The van der Waals surface area contributed by atoms with E-state index in [-0.39, 0.29) is 24.0 Å². The summed E-state index contributed by atoms with van der Waals surface area (Å²) in [6, 6.07) is 14.2. The Morgan fingerprint density at radius 1 is 0.920 bits per heavy atom. The van der Waals surface area contributed by atoms with Gasteiger partial charge in [-0.25, -0.2) is 0 Å². The summed E-state index contributed by atoms with van der Waals surface area (Å²) in [6.45, 7) is 7.88. The molecule has 6 nitrogen and oxygen atoms in total. The number of ketones is 1. The molecule has 0 spiro atoms. The monoisotopic (exact) mass is 343 g/mol. The maximum absolute atomic E-state index is 12.4. The molecule has 1 aromatic carbocycles. The summed E-state index contributed by atoms with van der Waals surface area (Å²) in [7, 11) is 0. The van der Waals surface area contributed by atoms with Crippen molar-refractivity contribution >= 4 is 18.1 Å². The second-order valence-corrected chi connectivity index (χ2v) is 5.87. The van der Waals surface area contributed by atoms with Gasteiger partial charge < -0.3 is 4.57 Å². The highest BCUT2D eigenvalue weighted by molar-refractivity contribution is 5.88. The summed E-state index contributed by atoms with van der Waals surface area (Å²) in [6.07, 6.45) is 2.49. The third-order valence-electron chi connectivity index (χ3n) is 3.55. The molecular weight excluding hydrogens is 322 g/mol. The fourth-order valence-corrected chi connectivity index (χ4v) is 2.54. The van der Waals surface area contributed by atoms with Crippen LogP contribution in [-0.2, 0) is 29.5 Å². The van der Waals surface area contributed by atoms with Crippen LogP contribution in [-0.4, -0.2) is 22.7 Å². The van der Waals surface area contributed by atoms with Crippen molar-refractivity contribution < 1.29 is 24.0 Å². The summed E-state index contributed by atoms with van der Waals surface area (Å²) in [5.41, 5.74) is 1.69. The van der Waals surface area contributed by atoms with Gasteiger partial charge in [0, 0.05) is 17.8 Å². The summed E-state index contributed by atoms with van der Waals surface area (Å²) in [5.74, 6) is 0.280. The van der Waals surface area contributed by atoms with Crippen LogP contribution in [0.4, 0.5) is 0 Å². The molecule has 0 bridgehead atoms. The molecule has 0 aliphatic carbocycles. The van der Waals surface area contributed by atoms with E-state index in [0.717, 1.165) is 11.3 Å². The zero-order chi connectivity index (χ0) is 19.5. The predicted molar refractivity (Wildman–Crippen MR) is 89.0 cm³/mol. The molecular formula is C19H21NO5. The number of carbonyl (C=O) groups excluding carboxylic acids is 5. The minimum Gasteiger partial charge on any atom is -0.335 e. The number of Topliss-reactive ketones (excluding diaryl/α,β-unsaturated/α-hetero) is 1. The lowest BCUT2D eigenvalue weighted by Gasteiger charge is -2.29. The minimum absolute atomic E-state index is 0.0287. The van der Waals surface area contributed by atoms with E-state index in [9.17, 15) is 4.79 Å². The second-order valence-electron chi connectivity index (χ2n) is 5.87. The first-order valence-electron chi connectivity index (χ1n) is 7.54. The van der Waals surface area contributed by atoms with Gasteiger partial charge in [0.05, 0.1) is 5.54 Å². The molecule has 0 saturated heterocycles. The van der Waals surface area contributed by atoms with E-state index >= 15 is 0 Å². The van der Waals surface area contributed by atoms with Crippen LogP contribution in [0.15, 0.2) is 48.7 Å². The maximum Gasteiger partial charge on any atom is 0.373 e. The van der Waals surface area contributed by atoms with Crippen LogP contribution in [0.1, 0.15) is 27.7 Å². The topological polar surface area (TPSA) is 90.3 Å². The molecule has 1 heterocycles. The number of nitrogens with zero attached hydrogens (tertiary/aromatic N) is 1. The van der Waals surface area contributed by atoms with Gasteiger partial charge in [0.15, 0.2) is 5.78 Å². The summed E-state index contributed by atoms with van der Waals surface area (Å²) >= 11 is 0. The van der Waals surface area contributed by atoms with E-state index in [4.69, 9.17) is 19.2 Å². The second kappa shape index (κ2) is 10.7. The first-order chi connectivity index (χ1) is 11.8. The van der Waals surface area contributed by atoms with Crippen LogP contribution in [0, 0.1) is 5.92 Å². The van der Waals surface area contributed by atoms with E-state index in [1.54, 1.807) is 0 Å². The standard InChI is InChI=1S/C17H21NO.2CO2/c1-13(2)16(19)17(3,4)18-12-8-11-15(18)14-9-6-5-7-10-14;2*2-1-3/h5-13H,1-4H3;;. The van der Waals surface area contributed by atoms with Gasteiger partial charge in [0.2, 0.25) is 0 Å². The van der Waals surface area contributed by atoms with Crippen molar-refractivity contribution in [1.29, 1.82) is 0 Å². The Hall–Kier alpha value is -3.07. The number of aromatic nitrogens is 1. The van der Waals surface area contributed by atoms with Gasteiger partial charge in [-0.3, -0.25) is 4.79 Å². The SMILES string of the molecule is CC(C)C(=O)C(C)(C)n1cccc1-c1ccccc1.O=C=O.O=C=O. The van der Waals surface area contributed by atoms with E-state index < -0.39 is 5.54 Å². The minimum atomic E-state index is -0.525. The largest absolute Gasteiger partial charge is 0.373 e. The molecule has 0 aliphatic heterocycles. The molecule has 132 valence electrons. The molecule has 0 aliphatic rings. The number of rotatable bonds is 4. The number of carbonyl (C=O) groups is 1. The fraction of sp³-hybridized carbons (Fsp3) is 0.316. The maximum atomic E-state index is 12.4. The molecule has 0 radical (unpaired) electrons. The van der Waals surface area contributed by atoms with Gasteiger partial charge in [-0.2, -0.15) is 19.2 Å². The Bertz CT molecular complexity index is 720. The summed E-state index contributed by atoms with van der Waals surface area (Å²) < 4.78 is 2.07. The van der Waals surface area contributed by atoms with Crippen LogP contribution in [0.2, 0.25) is 0 Å². The molecule has 6 heteroatoms. The highest BCUT2D eigenvalue weighted by Gasteiger charge is 2.32. The Balaban J connectivity index is 0.000000844. The zero-order valence-electron chi connectivity index (χ0n) is 14.7. The lowest BCUT2D eigenvalue weighted by molar-refractivity contribution is -0.193. The first-order valence-corrected chi connectivity index (χ1v) is 7.54. The number of hydrogen-bond donors (Lipinski definition) is 0. The lowest BCUT2D eigenvalue weighted by Crippen LogP contribution is -2.38. The molecule has 0 N–H and O–H groups in total. The van der Waals surface area contributed by atoms with E-state index in [1.807, 2.05) is 58.2 Å². The third-order valence-corrected chi connectivity index (χ3v) is 3.55. The fourth-order valence-electron chi connectivity index (χ4n) is 2.54. The summed E-state index contributed by atoms with van der Waals surface area (Å²) in [5, 5.41) is 0. The molecule has 2 rings (SSSR count). The zero-order valence-corrected chi connectivity index (χ0v) is 14.7. The Morgan fingerprint density at radius 2 is 1.40 bits per heavy atom. The van der Waals surface area contributed by atoms with Crippen LogP contribution in [0.25, 0.3) is 11.3 Å². The van der Waals surface area contributed by atoms with Crippen molar-refractivity contribution in [1.82, 2.24) is 4.57 Å². The Labute approximate surface area is 146 Å². The first kappa shape index (κ1) is 21.9. The van der Waals surface area contributed by atoms with Crippen LogP contribution in [0.3, 0.4) is 0 Å². The van der Waals surface area contributed by atoms with Gasteiger partial charge in [0.1, 0.15) is 0 Å². The molecule has 0 unspecified atom stereocenters. The van der Waals surface area contributed by atoms with Crippen LogP contribution in [0.5, 0.6) is 0 Å². The Morgan fingerprint density at radius 3 is 1.84 bits per heavy atom. The van der Waals surface area contributed by atoms with Crippen LogP contribution >= 0.6 is 0 Å². The molecule has 25 heavy (non-hydrogen) atoms. The highest BCUT2D eigenvalue weighted by atomic mass is 16.2. The smallest absolute Gasteiger partial charge is 0.335 e. The van der Waals surface area contributed by atoms with Gasteiger partial charge in [-0.05, 0) is 31.5 Å². The predicted octanol–water partition coefficient (Wildman–Crippen LogP) is 2.95. The average molecular weight is 343 g/mol. The lowest BCUT2D eigenvalue weighted by atomic mass is 9.90. The van der Waals surface area contributed by atoms with E-state index in [0.29, 0.717) is 0 Å². The van der Waals surface area contributed by atoms with E-state index in [2.05, 4.69) is 22.8 Å². The Kier molecular flexibility index (Phi) is 9.35. The van der Waals surface area contributed by atoms with E-state index in [1.165, 1.54) is 0 Å².